The second kappa shape index (κ2) is 8.90. The van der Waals surface area contributed by atoms with Gasteiger partial charge in [-0.2, -0.15) is 0 Å². The Morgan fingerprint density at radius 3 is 1.74 bits per heavy atom. The molecule has 1 N–H and O–H groups in total. The van der Waals surface area contributed by atoms with Gasteiger partial charge < -0.3 is 9.65 Å². The number of nitrogens with zero attached hydrogens (tertiary/aromatic N) is 1. The zero-order chi connectivity index (χ0) is 25.7. The van der Waals surface area contributed by atoms with Crippen LogP contribution in [0.1, 0.15) is 6.92 Å². The Kier molecular flexibility index (Phi) is 5.35. The van der Waals surface area contributed by atoms with Crippen molar-refractivity contribution in [3.63, 3.8) is 0 Å². The highest BCUT2D eigenvalue weighted by molar-refractivity contribution is 7.80. The van der Waals surface area contributed by atoms with E-state index in [1.165, 1.54) is 16.4 Å². The van der Waals surface area contributed by atoms with Crippen molar-refractivity contribution in [1.82, 2.24) is 4.57 Å². The largest absolute Gasteiger partial charge is 0.341 e. The minimum atomic E-state index is -3.33. The molecule has 0 aliphatic heterocycles. The molecular formula is C34H27N2OP. The summed E-state index contributed by atoms with van der Waals surface area (Å²) in [5.74, 6) is 0. The standard InChI is InChI=1S/C34H27N2OP/c1-2-36-31-18-8-7-17-29(31)30-23-26(21-22-32(30)36)35-38(37,33-19-9-13-24-11-3-5-15-27(24)33)34-20-10-14-25-12-4-6-16-28(25)34/h3-23H,2H2,1H3,(H,35,37). The van der Waals surface area contributed by atoms with E-state index in [1.807, 2.05) is 48.5 Å². The first-order chi connectivity index (χ1) is 18.7. The number of hydrogen-bond donors (Lipinski definition) is 1. The topological polar surface area (TPSA) is 34.0 Å². The van der Waals surface area contributed by atoms with Gasteiger partial charge in [-0.25, -0.2) is 0 Å². The van der Waals surface area contributed by atoms with Crippen molar-refractivity contribution in [3.8, 4) is 0 Å². The van der Waals surface area contributed by atoms with Crippen LogP contribution in [0.4, 0.5) is 5.69 Å². The lowest BCUT2D eigenvalue weighted by molar-refractivity contribution is 0.590. The molecule has 1 aromatic heterocycles. The molecular weight excluding hydrogens is 483 g/mol. The van der Waals surface area contributed by atoms with E-state index in [-0.39, 0.29) is 0 Å². The number of aromatic nitrogens is 1. The van der Waals surface area contributed by atoms with Crippen molar-refractivity contribution in [2.24, 2.45) is 0 Å². The van der Waals surface area contributed by atoms with E-state index in [2.05, 4.69) is 95.4 Å². The average molecular weight is 511 g/mol. The third-order valence-electron chi connectivity index (χ3n) is 7.59. The molecule has 0 aliphatic carbocycles. The lowest BCUT2D eigenvalue weighted by Gasteiger charge is -2.24. The van der Waals surface area contributed by atoms with E-state index in [0.717, 1.165) is 49.8 Å². The average Bonchev–Trinajstić information content (AvgIpc) is 3.29. The van der Waals surface area contributed by atoms with E-state index < -0.39 is 7.29 Å². The number of rotatable bonds is 5. The van der Waals surface area contributed by atoms with Crippen LogP contribution in [0.3, 0.4) is 0 Å². The summed E-state index contributed by atoms with van der Waals surface area (Å²) in [6.07, 6.45) is 0. The quantitative estimate of drug-likeness (QED) is 0.236. The third-order valence-corrected chi connectivity index (χ3v) is 10.3. The predicted molar refractivity (Wildman–Crippen MR) is 164 cm³/mol. The Morgan fingerprint density at radius 2 is 1.11 bits per heavy atom. The van der Waals surface area contributed by atoms with E-state index in [1.54, 1.807) is 0 Å². The van der Waals surface area contributed by atoms with Crippen molar-refractivity contribution in [3.05, 3.63) is 127 Å². The maximum Gasteiger partial charge on any atom is 0.228 e. The summed E-state index contributed by atoms with van der Waals surface area (Å²) in [7, 11) is -3.33. The summed E-state index contributed by atoms with van der Waals surface area (Å²) in [6, 6.07) is 43.5. The van der Waals surface area contributed by atoms with E-state index >= 15 is 4.57 Å². The molecule has 0 aliphatic rings. The van der Waals surface area contributed by atoms with Crippen molar-refractivity contribution < 1.29 is 4.57 Å². The molecule has 4 heteroatoms. The molecule has 0 radical (unpaired) electrons. The molecule has 0 fully saturated rings. The number of aryl methyl sites for hydroxylation is 1. The highest BCUT2D eigenvalue weighted by Crippen LogP contribution is 2.47. The first kappa shape index (κ1) is 22.8. The summed E-state index contributed by atoms with van der Waals surface area (Å²) in [6.45, 7) is 3.06. The number of anilines is 1. The van der Waals surface area contributed by atoms with Gasteiger partial charge in [0.15, 0.2) is 0 Å². The fourth-order valence-corrected chi connectivity index (χ4v) is 8.54. The summed E-state index contributed by atoms with van der Waals surface area (Å²) in [5.41, 5.74) is 3.25. The molecule has 0 atom stereocenters. The maximum absolute atomic E-state index is 15.6. The van der Waals surface area contributed by atoms with Crippen LogP contribution >= 0.6 is 7.29 Å². The molecule has 1 heterocycles. The van der Waals surface area contributed by atoms with E-state index in [0.29, 0.717) is 0 Å². The first-order valence-electron chi connectivity index (χ1n) is 13.0. The number of benzene rings is 6. The van der Waals surface area contributed by atoms with Crippen LogP contribution in [0.2, 0.25) is 0 Å². The maximum atomic E-state index is 15.6. The van der Waals surface area contributed by atoms with Gasteiger partial charge in [0.2, 0.25) is 7.29 Å². The number of nitrogens with one attached hydrogen (secondary N) is 1. The summed E-state index contributed by atoms with van der Waals surface area (Å²) in [5, 5.41) is 11.8. The van der Waals surface area contributed by atoms with Crippen LogP contribution in [-0.2, 0) is 11.1 Å². The fraction of sp³-hybridized carbons (Fsp3) is 0.0588. The Balaban J connectivity index is 1.50. The smallest absolute Gasteiger partial charge is 0.228 e. The molecule has 38 heavy (non-hydrogen) atoms. The second-order valence-electron chi connectivity index (χ2n) is 9.71. The molecule has 0 saturated carbocycles. The van der Waals surface area contributed by atoms with Crippen LogP contribution < -0.4 is 15.7 Å². The minimum absolute atomic E-state index is 0.822. The molecule has 0 amide bonds. The lowest BCUT2D eigenvalue weighted by atomic mass is 10.1. The van der Waals surface area contributed by atoms with Gasteiger partial charge in [-0.3, -0.25) is 4.57 Å². The Morgan fingerprint density at radius 1 is 0.579 bits per heavy atom. The van der Waals surface area contributed by atoms with Crippen LogP contribution in [0.15, 0.2) is 127 Å². The highest BCUT2D eigenvalue weighted by atomic mass is 31.2. The minimum Gasteiger partial charge on any atom is -0.341 e. The van der Waals surface area contributed by atoms with Crippen molar-refractivity contribution in [2.45, 2.75) is 13.5 Å². The van der Waals surface area contributed by atoms with Crippen molar-refractivity contribution in [1.29, 1.82) is 0 Å². The zero-order valence-corrected chi connectivity index (χ0v) is 22.0. The molecule has 0 bridgehead atoms. The zero-order valence-electron chi connectivity index (χ0n) is 21.1. The molecule has 3 nitrogen and oxygen atoms in total. The van der Waals surface area contributed by atoms with Crippen molar-refractivity contribution in [2.75, 3.05) is 5.09 Å². The van der Waals surface area contributed by atoms with Crippen LogP contribution in [0.5, 0.6) is 0 Å². The molecule has 184 valence electrons. The van der Waals surface area contributed by atoms with Gasteiger partial charge in [0.25, 0.3) is 0 Å². The Hall–Kier alpha value is -4.33. The Bertz CT molecular complexity index is 1940. The number of para-hydroxylation sites is 1. The molecule has 7 rings (SSSR count). The van der Waals surface area contributed by atoms with Gasteiger partial charge in [0.1, 0.15) is 0 Å². The normalized spacial score (nSPS) is 12.0. The third kappa shape index (κ3) is 3.47. The van der Waals surface area contributed by atoms with E-state index in [9.17, 15) is 0 Å². The van der Waals surface area contributed by atoms with E-state index in [4.69, 9.17) is 0 Å². The lowest BCUT2D eigenvalue weighted by Crippen LogP contribution is -2.23. The monoisotopic (exact) mass is 510 g/mol. The highest BCUT2D eigenvalue weighted by Gasteiger charge is 2.31. The molecule has 0 saturated heterocycles. The van der Waals surface area contributed by atoms with Gasteiger partial charge in [-0.15, -0.1) is 0 Å². The summed E-state index contributed by atoms with van der Waals surface area (Å²) >= 11 is 0. The first-order valence-corrected chi connectivity index (χ1v) is 14.7. The number of fused-ring (bicyclic) bond motifs is 5. The molecule has 0 spiro atoms. The van der Waals surface area contributed by atoms with Crippen LogP contribution in [0.25, 0.3) is 43.4 Å². The summed E-state index contributed by atoms with van der Waals surface area (Å²) in [4.78, 5) is 0. The van der Waals surface area contributed by atoms with Crippen LogP contribution in [-0.4, -0.2) is 4.57 Å². The predicted octanol–water partition coefficient (Wildman–Crippen LogP) is 8.46. The van der Waals surface area contributed by atoms with Gasteiger partial charge in [0, 0.05) is 44.6 Å². The van der Waals surface area contributed by atoms with Gasteiger partial charge in [0.05, 0.1) is 0 Å². The van der Waals surface area contributed by atoms with Gasteiger partial charge in [-0.1, -0.05) is 91.0 Å². The number of hydrogen-bond acceptors (Lipinski definition) is 1. The molecule has 6 aromatic carbocycles. The molecule has 7 aromatic rings. The van der Waals surface area contributed by atoms with Gasteiger partial charge in [-0.05, 0) is 64.9 Å². The fourth-order valence-electron chi connectivity index (χ4n) is 5.86. The van der Waals surface area contributed by atoms with Crippen LogP contribution in [0, 0.1) is 0 Å². The second-order valence-corrected chi connectivity index (χ2v) is 12.1. The van der Waals surface area contributed by atoms with Crippen molar-refractivity contribution >= 4 is 66.9 Å². The summed E-state index contributed by atoms with van der Waals surface area (Å²) < 4.78 is 17.9. The van der Waals surface area contributed by atoms with Gasteiger partial charge >= 0.3 is 0 Å². The molecule has 0 unspecified atom stereocenters. The SMILES string of the molecule is CCn1c2ccccc2c2cc(NP(=O)(c3cccc4ccccc34)c3cccc4ccccc34)ccc21. The Labute approximate surface area is 221 Å².